The fourth-order valence-corrected chi connectivity index (χ4v) is 3.20. The van der Waals surface area contributed by atoms with Crippen molar-refractivity contribution in [1.82, 2.24) is 4.98 Å². The lowest BCUT2D eigenvalue weighted by Gasteiger charge is -2.13. The van der Waals surface area contributed by atoms with Gasteiger partial charge >= 0.3 is 0 Å². The normalized spacial score (nSPS) is 11.3. The lowest BCUT2D eigenvalue weighted by molar-refractivity contribution is 0.600. The van der Waals surface area contributed by atoms with Gasteiger partial charge in [-0.2, -0.15) is 0 Å². The first-order chi connectivity index (χ1) is 9.45. The monoisotopic (exact) mass is 292 g/mol. The molecule has 5 nitrogen and oxygen atoms in total. The molecule has 1 heterocycles. The summed E-state index contributed by atoms with van der Waals surface area (Å²) in [5.41, 5.74) is 1.71. The molecule has 0 radical (unpaired) electrons. The highest BCUT2D eigenvalue weighted by Crippen LogP contribution is 2.23. The number of anilines is 1. The van der Waals surface area contributed by atoms with Gasteiger partial charge < -0.3 is 4.98 Å². The van der Waals surface area contributed by atoms with Crippen molar-refractivity contribution in [3.8, 4) is 0 Å². The van der Waals surface area contributed by atoms with Gasteiger partial charge in [-0.25, -0.2) is 8.42 Å². The fourth-order valence-electron chi connectivity index (χ4n) is 1.97. The van der Waals surface area contributed by atoms with Gasteiger partial charge in [0.1, 0.15) is 0 Å². The van der Waals surface area contributed by atoms with Crippen LogP contribution in [0.1, 0.15) is 18.1 Å². The van der Waals surface area contributed by atoms with Crippen LogP contribution in [0.15, 0.2) is 46.3 Å². The van der Waals surface area contributed by atoms with Gasteiger partial charge in [0.2, 0.25) is 5.43 Å². The molecule has 2 aromatic rings. The van der Waals surface area contributed by atoms with Gasteiger partial charge in [0, 0.05) is 18.5 Å². The molecule has 1 aromatic heterocycles. The molecule has 0 bridgehead atoms. The van der Waals surface area contributed by atoms with E-state index in [1.165, 1.54) is 18.5 Å². The number of pyridine rings is 1. The molecule has 0 atom stereocenters. The molecule has 0 spiro atoms. The summed E-state index contributed by atoms with van der Waals surface area (Å²) in [6, 6.07) is 6.75. The quantitative estimate of drug-likeness (QED) is 0.905. The molecule has 2 rings (SSSR count). The van der Waals surface area contributed by atoms with Crippen LogP contribution < -0.4 is 10.2 Å². The second-order valence-electron chi connectivity index (χ2n) is 4.44. The number of aromatic nitrogens is 1. The zero-order chi connectivity index (χ0) is 14.8. The van der Waals surface area contributed by atoms with Crippen LogP contribution >= 0.6 is 0 Å². The van der Waals surface area contributed by atoms with E-state index < -0.39 is 15.5 Å². The van der Waals surface area contributed by atoms with E-state index in [1.807, 2.05) is 32.0 Å². The second kappa shape index (κ2) is 5.50. The van der Waals surface area contributed by atoms with Crippen molar-refractivity contribution in [2.24, 2.45) is 0 Å². The molecule has 1 aromatic carbocycles. The summed E-state index contributed by atoms with van der Waals surface area (Å²) in [7, 11) is -3.89. The number of hydrogen-bond acceptors (Lipinski definition) is 3. The molecule has 0 aliphatic rings. The van der Waals surface area contributed by atoms with Gasteiger partial charge in [0.05, 0.1) is 5.69 Å². The van der Waals surface area contributed by atoms with E-state index in [9.17, 15) is 13.2 Å². The molecule has 6 heteroatoms. The number of aromatic amines is 1. The third-order valence-corrected chi connectivity index (χ3v) is 4.43. The lowest BCUT2D eigenvalue weighted by Crippen LogP contribution is -2.22. The molecule has 0 saturated heterocycles. The maximum atomic E-state index is 12.3. The molecule has 0 unspecified atom stereocenters. The summed E-state index contributed by atoms with van der Waals surface area (Å²) >= 11 is 0. The first-order valence-electron chi connectivity index (χ1n) is 6.24. The first kappa shape index (κ1) is 14.3. The topological polar surface area (TPSA) is 79.0 Å². The van der Waals surface area contributed by atoms with Crippen LogP contribution in [-0.2, 0) is 16.4 Å². The lowest BCUT2D eigenvalue weighted by atomic mass is 10.1. The van der Waals surface area contributed by atoms with Crippen molar-refractivity contribution >= 4 is 15.7 Å². The SMILES string of the molecule is CCc1cccc(C)c1NS(=O)(=O)c1c[nH]ccc1=O. The van der Waals surface area contributed by atoms with Crippen LogP contribution in [0.2, 0.25) is 0 Å². The average molecular weight is 292 g/mol. The predicted octanol–water partition coefficient (Wildman–Crippen LogP) is 2.05. The van der Waals surface area contributed by atoms with Crippen molar-refractivity contribution in [3.05, 3.63) is 58.0 Å². The standard InChI is InChI=1S/C14H16N2O3S/c1-3-11-6-4-5-10(2)14(11)16-20(18,19)13-9-15-8-7-12(13)17/h4-9,16H,3H2,1-2H3,(H,15,17). The summed E-state index contributed by atoms with van der Waals surface area (Å²) in [5, 5.41) is 0. The van der Waals surface area contributed by atoms with Crippen molar-refractivity contribution in [1.29, 1.82) is 0 Å². The number of rotatable bonds is 4. The number of para-hydroxylation sites is 1. The Morgan fingerprint density at radius 3 is 2.65 bits per heavy atom. The molecule has 0 fully saturated rings. The number of hydrogen-bond donors (Lipinski definition) is 2. The number of aryl methyl sites for hydroxylation is 2. The van der Waals surface area contributed by atoms with Crippen molar-refractivity contribution in [3.63, 3.8) is 0 Å². The molecule has 0 saturated carbocycles. The zero-order valence-corrected chi connectivity index (χ0v) is 12.1. The molecule has 0 aliphatic heterocycles. The Morgan fingerprint density at radius 2 is 2.00 bits per heavy atom. The minimum absolute atomic E-state index is 0.287. The highest BCUT2D eigenvalue weighted by molar-refractivity contribution is 7.92. The third kappa shape index (κ3) is 2.75. The van der Waals surface area contributed by atoms with Gasteiger partial charge in [0.15, 0.2) is 4.90 Å². The molecule has 0 amide bonds. The first-order valence-corrected chi connectivity index (χ1v) is 7.72. The molecular weight excluding hydrogens is 276 g/mol. The van der Waals surface area contributed by atoms with Gasteiger partial charge in [-0.05, 0) is 24.5 Å². The largest absolute Gasteiger partial charge is 0.366 e. The van der Waals surface area contributed by atoms with E-state index in [0.717, 1.165) is 11.1 Å². The Labute approximate surface area is 117 Å². The summed E-state index contributed by atoms with van der Waals surface area (Å²) in [5.74, 6) is 0. The minimum atomic E-state index is -3.89. The minimum Gasteiger partial charge on any atom is -0.366 e. The summed E-state index contributed by atoms with van der Waals surface area (Å²) in [6.45, 7) is 3.77. The van der Waals surface area contributed by atoms with E-state index in [2.05, 4.69) is 9.71 Å². The number of sulfonamides is 1. The van der Waals surface area contributed by atoms with Gasteiger partial charge in [0.25, 0.3) is 10.0 Å². The summed E-state index contributed by atoms with van der Waals surface area (Å²) < 4.78 is 27.1. The van der Waals surface area contributed by atoms with Gasteiger partial charge in [-0.1, -0.05) is 25.1 Å². The Kier molecular flexibility index (Phi) is 3.94. The van der Waals surface area contributed by atoms with E-state index in [4.69, 9.17) is 0 Å². The smallest absolute Gasteiger partial charge is 0.267 e. The molecule has 106 valence electrons. The molecular formula is C14H16N2O3S. The van der Waals surface area contributed by atoms with Crippen LogP contribution in [0.4, 0.5) is 5.69 Å². The van der Waals surface area contributed by atoms with Crippen LogP contribution in [-0.4, -0.2) is 13.4 Å². The number of benzene rings is 1. The fraction of sp³-hybridized carbons (Fsp3) is 0.214. The van der Waals surface area contributed by atoms with Crippen molar-refractivity contribution in [2.75, 3.05) is 4.72 Å². The predicted molar refractivity (Wildman–Crippen MR) is 78.4 cm³/mol. The highest BCUT2D eigenvalue weighted by atomic mass is 32.2. The maximum Gasteiger partial charge on any atom is 0.267 e. The Bertz CT molecular complexity index is 779. The van der Waals surface area contributed by atoms with E-state index in [1.54, 1.807) is 0 Å². The third-order valence-electron chi connectivity index (χ3n) is 3.05. The van der Waals surface area contributed by atoms with E-state index in [0.29, 0.717) is 12.1 Å². The molecule has 2 N–H and O–H groups in total. The van der Waals surface area contributed by atoms with Gasteiger partial charge in [-0.3, -0.25) is 9.52 Å². The number of nitrogens with one attached hydrogen (secondary N) is 2. The summed E-state index contributed by atoms with van der Waals surface area (Å²) in [4.78, 5) is 14.0. The zero-order valence-electron chi connectivity index (χ0n) is 11.3. The second-order valence-corrected chi connectivity index (χ2v) is 6.09. The van der Waals surface area contributed by atoms with E-state index in [-0.39, 0.29) is 4.90 Å². The molecule has 0 aliphatic carbocycles. The van der Waals surface area contributed by atoms with Crippen molar-refractivity contribution < 1.29 is 8.42 Å². The van der Waals surface area contributed by atoms with Crippen LogP contribution in [0, 0.1) is 6.92 Å². The molecule has 20 heavy (non-hydrogen) atoms. The van der Waals surface area contributed by atoms with Gasteiger partial charge in [-0.15, -0.1) is 0 Å². The Balaban J connectivity index is 2.50. The Morgan fingerprint density at radius 1 is 1.25 bits per heavy atom. The highest BCUT2D eigenvalue weighted by Gasteiger charge is 2.19. The maximum absolute atomic E-state index is 12.3. The number of H-pyrrole nitrogens is 1. The summed E-state index contributed by atoms with van der Waals surface area (Å²) in [6.07, 6.45) is 3.28. The van der Waals surface area contributed by atoms with Crippen LogP contribution in [0.5, 0.6) is 0 Å². The van der Waals surface area contributed by atoms with Crippen LogP contribution in [0.25, 0.3) is 0 Å². The average Bonchev–Trinajstić information content (AvgIpc) is 2.41. The van der Waals surface area contributed by atoms with Crippen LogP contribution in [0.3, 0.4) is 0 Å². The Hall–Kier alpha value is -2.08. The van der Waals surface area contributed by atoms with Crippen molar-refractivity contribution in [2.45, 2.75) is 25.2 Å². The van der Waals surface area contributed by atoms with E-state index >= 15 is 0 Å².